The maximum Gasteiger partial charge on any atom is 0.133 e. The molecule has 0 saturated carbocycles. The average Bonchev–Trinajstić information content (AvgIpc) is 2.22. The van der Waals surface area contributed by atoms with Gasteiger partial charge in [0.15, 0.2) is 0 Å². The molecule has 1 nitrogen and oxygen atoms in total. The van der Waals surface area contributed by atoms with Gasteiger partial charge in [-0.1, -0.05) is 6.07 Å². The number of hydrogen-bond donors (Lipinski definition) is 1. The molecule has 0 aliphatic rings. The van der Waals surface area contributed by atoms with Crippen molar-refractivity contribution in [3.05, 3.63) is 53.6 Å². The number of nitrogen functional groups attached to an aromatic ring is 1. The SMILES string of the molecule is Cc1ccc(N)cc1-c1ccc(F)cc1F. The van der Waals surface area contributed by atoms with Gasteiger partial charge in [-0.05, 0) is 42.3 Å². The zero-order valence-electron chi connectivity index (χ0n) is 8.80. The second-order valence-electron chi connectivity index (χ2n) is 3.70. The fourth-order valence-electron chi connectivity index (χ4n) is 1.64. The highest BCUT2D eigenvalue weighted by Gasteiger charge is 2.08. The van der Waals surface area contributed by atoms with Crippen LogP contribution in [-0.4, -0.2) is 0 Å². The zero-order chi connectivity index (χ0) is 11.7. The number of aryl methyl sites for hydroxylation is 1. The van der Waals surface area contributed by atoms with Crippen LogP contribution in [0, 0.1) is 18.6 Å². The Morgan fingerprint density at radius 3 is 2.38 bits per heavy atom. The molecule has 2 rings (SSSR count). The van der Waals surface area contributed by atoms with Gasteiger partial charge in [-0.3, -0.25) is 0 Å². The lowest BCUT2D eigenvalue weighted by atomic mass is 9.99. The quantitative estimate of drug-likeness (QED) is 0.729. The summed E-state index contributed by atoms with van der Waals surface area (Å²) in [6.07, 6.45) is 0. The fraction of sp³-hybridized carbons (Fsp3) is 0.0769. The number of halogens is 2. The van der Waals surface area contributed by atoms with Gasteiger partial charge in [0.1, 0.15) is 11.6 Å². The summed E-state index contributed by atoms with van der Waals surface area (Å²) in [6.45, 7) is 1.86. The molecule has 2 aromatic carbocycles. The Morgan fingerprint density at radius 1 is 0.938 bits per heavy atom. The first-order valence-corrected chi connectivity index (χ1v) is 4.89. The van der Waals surface area contributed by atoms with Crippen molar-refractivity contribution in [3.63, 3.8) is 0 Å². The van der Waals surface area contributed by atoms with Gasteiger partial charge in [0.05, 0.1) is 0 Å². The molecule has 0 atom stereocenters. The minimum Gasteiger partial charge on any atom is -0.399 e. The largest absolute Gasteiger partial charge is 0.399 e. The van der Waals surface area contributed by atoms with E-state index >= 15 is 0 Å². The minimum atomic E-state index is -0.581. The molecule has 2 N–H and O–H groups in total. The summed E-state index contributed by atoms with van der Waals surface area (Å²) < 4.78 is 26.3. The van der Waals surface area contributed by atoms with Crippen LogP contribution in [0.3, 0.4) is 0 Å². The third kappa shape index (κ3) is 1.89. The van der Waals surface area contributed by atoms with Gasteiger partial charge in [0, 0.05) is 17.3 Å². The van der Waals surface area contributed by atoms with Crippen LogP contribution in [-0.2, 0) is 0 Å². The van der Waals surface area contributed by atoms with Gasteiger partial charge >= 0.3 is 0 Å². The summed E-state index contributed by atoms with van der Waals surface area (Å²) in [5, 5.41) is 0. The van der Waals surface area contributed by atoms with Crippen molar-refractivity contribution in [3.8, 4) is 11.1 Å². The lowest BCUT2D eigenvalue weighted by Gasteiger charge is -2.08. The molecular weight excluding hydrogens is 208 g/mol. The summed E-state index contributed by atoms with van der Waals surface area (Å²) >= 11 is 0. The zero-order valence-corrected chi connectivity index (χ0v) is 8.80. The third-order valence-electron chi connectivity index (χ3n) is 2.48. The van der Waals surface area contributed by atoms with Crippen LogP contribution in [0.2, 0.25) is 0 Å². The first kappa shape index (κ1) is 10.6. The maximum atomic E-state index is 13.6. The van der Waals surface area contributed by atoms with Crippen LogP contribution in [0.4, 0.5) is 14.5 Å². The highest BCUT2D eigenvalue weighted by Crippen LogP contribution is 2.28. The molecular formula is C13H11F2N. The van der Waals surface area contributed by atoms with E-state index in [1.165, 1.54) is 12.1 Å². The number of benzene rings is 2. The molecule has 3 heteroatoms. The molecule has 0 aliphatic carbocycles. The molecule has 82 valence electrons. The number of anilines is 1. The highest BCUT2D eigenvalue weighted by molar-refractivity contribution is 5.71. The first-order valence-electron chi connectivity index (χ1n) is 4.89. The van der Waals surface area contributed by atoms with E-state index in [0.29, 0.717) is 16.8 Å². The van der Waals surface area contributed by atoms with E-state index in [-0.39, 0.29) is 0 Å². The molecule has 0 heterocycles. The van der Waals surface area contributed by atoms with Gasteiger partial charge in [-0.2, -0.15) is 0 Å². The van der Waals surface area contributed by atoms with E-state index in [2.05, 4.69) is 0 Å². The summed E-state index contributed by atoms with van der Waals surface area (Å²) in [7, 11) is 0. The highest BCUT2D eigenvalue weighted by atomic mass is 19.1. The first-order chi connectivity index (χ1) is 7.58. The second-order valence-corrected chi connectivity index (χ2v) is 3.70. The van der Waals surface area contributed by atoms with Crippen molar-refractivity contribution in [1.82, 2.24) is 0 Å². The molecule has 0 aliphatic heterocycles. The minimum absolute atomic E-state index is 0.367. The Balaban J connectivity index is 2.62. The van der Waals surface area contributed by atoms with Crippen LogP contribution in [0.15, 0.2) is 36.4 Å². The van der Waals surface area contributed by atoms with Crippen molar-refractivity contribution in [2.75, 3.05) is 5.73 Å². The van der Waals surface area contributed by atoms with E-state index < -0.39 is 11.6 Å². The molecule has 16 heavy (non-hydrogen) atoms. The summed E-state index contributed by atoms with van der Waals surface area (Å²) in [5.74, 6) is -1.16. The Kier molecular flexibility index (Phi) is 2.60. The smallest absolute Gasteiger partial charge is 0.133 e. The third-order valence-corrected chi connectivity index (χ3v) is 2.48. The summed E-state index contributed by atoms with van der Waals surface area (Å²) in [5.41, 5.74) is 8.17. The van der Waals surface area contributed by atoms with Crippen LogP contribution < -0.4 is 5.73 Å². The van der Waals surface area contributed by atoms with E-state index in [1.807, 2.05) is 13.0 Å². The van der Waals surface area contributed by atoms with Gasteiger partial charge in [-0.15, -0.1) is 0 Å². The van der Waals surface area contributed by atoms with E-state index in [9.17, 15) is 8.78 Å². The number of rotatable bonds is 1. The molecule has 0 amide bonds. The van der Waals surface area contributed by atoms with Crippen LogP contribution in [0.5, 0.6) is 0 Å². The molecule has 0 saturated heterocycles. The van der Waals surface area contributed by atoms with E-state index in [1.54, 1.807) is 12.1 Å². The Labute approximate surface area is 92.5 Å². The van der Waals surface area contributed by atoms with Crippen molar-refractivity contribution in [2.24, 2.45) is 0 Å². The van der Waals surface area contributed by atoms with Gasteiger partial charge in [0.2, 0.25) is 0 Å². The van der Waals surface area contributed by atoms with Crippen molar-refractivity contribution in [2.45, 2.75) is 6.92 Å². The Morgan fingerprint density at radius 2 is 1.69 bits per heavy atom. The molecule has 0 unspecified atom stereocenters. The lowest BCUT2D eigenvalue weighted by Crippen LogP contribution is -1.92. The van der Waals surface area contributed by atoms with Gasteiger partial charge < -0.3 is 5.73 Å². The standard InChI is InChI=1S/C13H11F2N/c1-8-2-4-10(16)7-12(8)11-5-3-9(14)6-13(11)15/h2-7H,16H2,1H3. The number of nitrogens with two attached hydrogens (primary N) is 1. The van der Waals surface area contributed by atoms with E-state index in [0.717, 1.165) is 11.6 Å². The fourth-order valence-corrected chi connectivity index (χ4v) is 1.64. The maximum absolute atomic E-state index is 13.6. The topological polar surface area (TPSA) is 26.0 Å². The Bertz CT molecular complexity index is 535. The lowest BCUT2D eigenvalue weighted by molar-refractivity contribution is 0.585. The predicted molar refractivity (Wildman–Crippen MR) is 60.9 cm³/mol. The van der Waals surface area contributed by atoms with Crippen LogP contribution in [0.1, 0.15) is 5.56 Å². The van der Waals surface area contributed by atoms with Gasteiger partial charge in [-0.25, -0.2) is 8.78 Å². The van der Waals surface area contributed by atoms with Crippen LogP contribution in [0.25, 0.3) is 11.1 Å². The molecule has 0 spiro atoms. The molecule has 0 aromatic heterocycles. The second kappa shape index (κ2) is 3.93. The van der Waals surface area contributed by atoms with Crippen molar-refractivity contribution in [1.29, 1.82) is 0 Å². The number of hydrogen-bond acceptors (Lipinski definition) is 1. The van der Waals surface area contributed by atoms with Crippen molar-refractivity contribution < 1.29 is 8.78 Å². The van der Waals surface area contributed by atoms with Crippen molar-refractivity contribution >= 4 is 5.69 Å². The Hall–Kier alpha value is -1.90. The predicted octanol–water partition coefficient (Wildman–Crippen LogP) is 3.52. The van der Waals surface area contributed by atoms with Gasteiger partial charge in [0.25, 0.3) is 0 Å². The van der Waals surface area contributed by atoms with Crippen LogP contribution >= 0.6 is 0 Å². The molecule has 0 fully saturated rings. The average molecular weight is 219 g/mol. The monoisotopic (exact) mass is 219 g/mol. The molecule has 0 radical (unpaired) electrons. The van der Waals surface area contributed by atoms with E-state index in [4.69, 9.17) is 5.73 Å². The molecule has 0 bridgehead atoms. The molecule has 2 aromatic rings. The summed E-state index contributed by atoms with van der Waals surface area (Å²) in [6, 6.07) is 8.78. The normalized spacial score (nSPS) is 10.4. The summed E-state index contributed by atoms with van der Waals surface area (Å²) in [4.78, 5) is 0.